The van der Waals surface area contributed by atoms with Gasteiger partial charge in [0.25, 0.3) is 0 Å². The minimum Gasteiger partial charge on any atom is -0.361 e. The van der Waals surface area contributed by atoms with Crippen molar-refractivity contribution in [3.63, 3.8) is 0 Å². The van der Waals surface area contributed by atoms with Crippen molar-refractivity contribution in [1.82, 2.24) is 4.98 Å². The highest BCUT2D eigenvalue weighted by Gasteiger charge is 2.06. The molecule has 0 unspecified atom stereocenters. The van der Waals surface area contributed by atoms with Gasteiger partial charge in [-0.15, -0.1) is 0 Å². The van der Waals surface area contributed by atoms with Gasteiger partial charge in [0.2, 0.25) is 0 Å². The highest BCUT2D eigenvalue weighted by atomic mass is 35.5. The van der Waals surface area contributed by atoms with Gasteiger partial charge in [0.1, 0.15) is 0 Å². The van der Waals surface area contributed by atoms with Gasteiger partial charge in [-0.3, -0.25) is 0 Å². The van der Waals surface area contributed by atoms with E-state index in [4.69, 9.17) is 11.6 Å². The van der Waals surface area contributed by atoms with E-state index in [1.165, 1.54) is 0 Å². The van der Waals surface area contributed by atoms with Crippen molar-refractivity contribution in [3.8, 4) is 0 Å². The summed E-state index contributed by atoms with van der Waals surface area (Å²) in [6.07, 6.45) is 1.84. The van der Waals surface area contributed by atoms with Gasteiger partial charge in [0, 0.05) is 27.8 Å². The number of nitrogens with one attached hydrogen (secondary N) is 3. The molecule has 0 fully saturated rings. The molecular weight excluding hydrogens is 274 g/mol. The molecule has 0 saturated carbocycles. The Hall–Kier alpha value is -2.46. The van der Waals surface area contributed by atoms with Crippen molar-refractivity contribution in [2.24, 2.45) is 0 Å². The summed E-state index contributed by atoms with van der Waals surface area (Å²) in [7, 11) is 0. The van der Waals surface area contributed by atoms with Crippen LogP contribution in [0.1, 0.15) is 0 Å². The number of benzene rings is 2. The lowest BCUT2D eigenvalue weighted by Gasteiger charge is -2.08. The minimum absolute atomic E-state index is 0.305. The summed E-state index contributed by atoms with van der Waals surface area (Å²) in [6.45, 7) is 0. The van der Waals surface area contributed by atoms with Gasteiger partial charge in [-0.25, -0.2) is 4.79 Å². The zero-order chi connectivity index (χ0) is 13.9. The van der Waals surface area contributed by atoms with E-state index in [0.717, 1.165) is 16.6 Å². The van der Waals surface area contributed by atoms with Crippen molar-refractivity contribution in [2.75, 3.05) is 10.6 Å². The van der Waals surface area contributed by atoms with E-state index in [1.54, 1.807) is 24.3 Å². The first-order chi connectivity index (χ1) is 9.72. The van der Waals surface area contributed by atoms with E-state index in [1.807, 2.05) is 30.5 Å². The molecule has 0 atom stereocenters. The molecule has 0 saturated heterocycles. The topological polar surface area (TPSA) is 56.9 Å². The molecule has 0 aliphatic heterocycles. The Balaban J connectivity index is 1.77. The van der Waals surface area contributed by atoms with Crippen molar-refractivity contribution in [1.29, 1.82) is 0 Å². The molecular formula is C15H12ClN3O. The van der Waals surface area contributed by atoms with Gasteiger partial charge < -0.3 is 15.6 Å². The van der Waals surface area contributed by atoms with E-state index < -0.39 is 0 Å². The number of hydrogen-bond donors (Lipinski definition) is 3. The molecule has 3 N–H and O–H groups in total. The number of carbonyl (C=O) groups excluding carboxylic acids is 1. The lowest BCUT2D eigenvalue weighted by Crippen LogP contribution is -2.19. The molecule has 1 aromatic heterocycles. The Kier molecular flexibility index (Phi) is 3.31. The Morgan fingerprint density at radius 2 is 1.90 bits per heavy atom. The molecule has 0 bridgehead atoms. The Morgan fingerprint density at radius 1 is 1.05 bits per heavy atom. The van der Waals surface area contributed by atoms with Crippen molar-refractivity contribution < 1.29 is 4.79 Å². The van der Waals surface area contributed by atoms with Crippen molar-refractivity contribution in [2.45, 2.75) is 0 Å². The number of rotatable bonds is 2. The largest absolute Gasteiger partial charge is 0.361 e. The fourth-order valence-electron chi connectivity index (χ4n) is 2.05. The number of hydrogen-bond acceptors (Lipinski definition) is 1. The monoisotopic (exact) mass is 285 g/mol. The second kappa shape index (κ2) is 5.27. The SMILES string of the molecule is O=C(Nc1cccc(Cl)c1)Nc1cccc2[nH]ccc12. The minimum atomic E-state index is -0.305. The maximum absolute atomic E-state index is 12.0. The van der Waals surface area contributed by atoms with E-state index in [2.05, 4.69) is 15.6 Å². The number of amides is 2. The third-order valence-electron chi connectivity index (χ3n) is 2.93. The maximum atomic E-state index is 12.0. The molecule has 0 radical (unpaired) electrons. The van der Waals surface area contributed by atoms with Crippen LogP contribution in [0.25, 0.3) is 10.9 Å². The summed E-state index contributed by atoms with van der Waals surface area (Å²) in [5.41, 5.74) is 2.38. The predicted molar refractivity (Wildman–Crippen MR) is 82.4 cm³/mol. The number of halogens is 1. The van der Waals surface area contributed by atoms with Crippen molar-refractivity contribution >= 4 is 39.9 Å². The van der Waals surface area contributed by atoms with Crippen LogP contribution in [-0.2, 0) is 0 Å². The Labute approximate surface area is 120 Å². The lowest BCUT2D eigenvalue weighted by molar-refractivity contribution is 0.262. The third kappa shape index (κ3) is 2.60. The molecule has 1 heterocycles. The van der Waals surface area contributed by atoms with Crippen LogP contribution in [0.15, 0.2) is 54.7 Å². The standard InChI is InChI=1S/C15H12ClN3O/c16-10-3-1-4-11(9-10)18-15(20)19-14-6-2-5-13-12(14)7-8-17-13/h1-9,17H,(H2,18,19,20). The van der Waals surface area contributed by atoms with E-state index in [9.17, 15) is 4.79 Å². The smallest absolute Gasteiger partial charge is 0.323 e. The van der Waals surface area contributed by atoms with Gasteiger partial charge in [-0.2, -0.15) is 0 Å². The second-order valence-electron chi connectivity index (χ2n) is 4.33. The molecule has 20 heavy (non-hydrogen) atoms. The van der Waals surface area contributed by atoms with Crippen molar-refractivity contribution in [3.05, 3.63) is 59.8 Å². The van der Waals surface area contributed by atoms with E-state index in [0.29, 0.717) is 10.7 Å². The van der Waals surface area contributed by atoms with Crippen LogP contribution < -0.4 is 10.6 Å². The van der Waals surface area contributed by atoms with Crippen LogP contribution in [-0.4, -0.2) is 11.0 Å². The van der Waals surface area contributed by atoms with Crippen LogP contribution in [0.4, 0.5) is 16.2 Å². The number of fused-ring (bicyclic) bond motifs is 1. The van der Waals surface area contributed by atoms with Gasteiger partial charge in [0.15, 0.2) is 0 Å². The summed E-state index contributed by atoms with van der Waals surface area (Å²) in [5.74, 6) is 0. The molecule has 0 aliphatic carbocycles. The molecule has 2 amide bonds. The first-order valence-electron chi connectivity index (χ1n) is 6.12. The summed E-state index contributed by atoms with van der Waals surface area (Å²) in [5, 5.41) is 7.11. The third-order valence-corrected chi connectivity index (χ3v) is 3.16. The predicted octanol–water partition coefficient (Wildman–Crippen LogP) is 4.47. The van der Waals surface area contributed by atoms with Crippen LogP contribution in [0.5, 0.6) is 0 Å². The molecule has 5 heteroatoms. The first-order valence-corrected chi connectivity index (χ1v) is 6.50. The number of urea groups is 1. The van der Waals surface area contributed by atoms with Gasteiger partial charge in [-0.05, 0) is 36.4 Å². The zero-order valence-electron chi connectivity index (χ0n) is 10.5. The molecule has 2 aromatic carbocycles. The Morgan fingerprint density at radius 3 is 2.75 bits per heavy atom. The maximum Gasteiger partial charge on any atom is 0.323 e. The van der Waals surface area contributed by atoms with E-state index >= 15 is 0 Å². The highest BCUT2D eigenvalue weighted by Crippen LogP contribution is 2.22. The molecule has 3 rings (SSSR count). The van der Waals surface area contributed by atoms with Gasteiger partial charge in [-0.1, -0.05) is 23.7 Å². The molecule has 0 spiro atoms. The number of H-pyrrole nitrogens is 1. The molecule has 100 valence electrons. The number of aromatic amines is 1. The number of carbonyl (C=O) groups is 1. The zero-order valence-corrected chi connectivity index (χ0v) is 11.2. The second-order valence-corrected chi connectivity index (χ2v) is 4.77. The number of anilines is 2. The fraction of sp³-hybridized carbons (Fsp3) is 0. The van der Waals surface area contributed by atoms with Crippen LogP contribution in [0.3, 0.4) is 0 Å². The first kappa shape index (κ1) is 12.6. The molecule has 3 aromatic rings. The quantitative estimate of drug-likeness (QED) is 0.639. The van der Waals surface area contributed by atoms with Gasteiger partial charge in [0.05, 0.1) is 5.69 Å². The number of aromatic nitrogens is 1. The Bertz CT molecular complexity index is 766. The molecule has 4 nitrogen and oxygen atoms in total. The normalized spacial score (nSPS) is 10.4. The lowest BCUT2D eigenvalue weighted by atomic mass is 10.2. The van der Waals surface area contributed by atoms with Gasteiger partial charge >= 0.3 is 6.03 Å². The molecule has 0 aliphatic rings. The summed E-state index contributed by atoms with van der Waals surface area (Å²) in [4.78, 5) is 15.1. The average molecular weight is 286 g/mol. The summed E-state index contributed by atoms with van der Waals surface area (Å²) < 4.78 is 0. The van der Waals surface area contributed by atoms with Crippen LogP contribution in [0, 0.1) is 0 Å². The highest BCUT2D eigenvalue weighted by molar-refractivity contribution is 6.30. The van der Waals surface area contributed by atoms with Crippen LogP contribution >= 0.6 is 11.6 Å². The summed E-state index contributed by atoms with van der Waals surface area (Å²) >= 11 is 5.88. The summed E-state index contributed by atoms with van der Waals surface area (Å²) in [6, 6.07) is 14.3. The van der Waals surface area contributed by atoms with E-state index in [-0.39, 0.29) is 6.03 Å². The van der Waals surface area contributed by atoms with Crippen LogP contribution in [0.2, 0.25) is 5.02 Å². The fourth-order valence-corrected chi connectivity index (χ4v) is 2.24. The average Bonchev–Trinajstić information content (AvgIpc) is 2.88.